The van der Waals surface area contributed by atoms with Gasteiger partial charge in [0.15, 0.2) is 6.61 Å². The van der Waals surface area contributed by atoms with E-state index in [9.17, 15) is 9.59 Å². The molecular weight excluding hydrogens is 352 g/mol. The number of amides is 2. The van der Waals surface area contributed by atoms with Gasteiger partial charge in [0, 0.05) is 12.7 Å². The molecule has 0 heterocycles. The Morgan fingerprint density at radius 1 is 1.04 bits per heavy atom. The van der Waals surface area contributed by atoms with Crippen LogP contribution in [0.4, 0.5) is 5.69 Å². The van der Waals surface area contributed by atoms with Crippen molar-refractivity contribution in [1.29, 1.82) is 0 Å². The fraction of sp³-hybridized carbons (Fsp3) is 0.391. The van der Waals surface area contributed by atoms with Crippen molar-refractivity contribution in [1.82, 2.24) is 4.90 Å². The Kier molecular flexibility index (Phi) is 7.21. The number of hydrogen-bond acceptors (Lipinski definition) is 3. The number of hydrogen-bond donors (Lipinski definition) is 1. The zero-order chi connectivity index (χ0) is 20.8. The van der Waals surface area contributed by atoms with Gasteiger partial charge >= 0.3 is 0 Å². The first-order chi connectivity index (χ1) is 13.2. The molecule has 2 rings (SSSR count). The van der Waals surface area contributed by atoms with E-state index in [0.29, 0.717) is 11.7 Å². The average Bonchev–Trinajstić information content (AvgIpc) is 2.62. The number of anilines is 1. The molecule has 5 heteroatoms. The summed E-state index contributed by atoms with van der Waals surface area (Å²) in [6.45, 7) is 10.1. The maximum absolute atomic E-state index is 12.3. The van der Waals surface area contributed by atoms with Crippen LogP contribution in [-0.2, 0) is 9.59 Å². The van der Waals surface area contributed by atoms with E-state index in [0.717, 1.165) is 22.4 Å². The summed E-state index contributed by atoms with van der Waals surface area (Å²) in [7, 11) is 1.60. The molecular formula is C23H30N2O3. The van der Waals surface area contributed by atoms with Crippen molar-refractivity contribution in [3.63, 3.8) is 0 Å². The summed E-state index contributed by atoms with van der Waals surface area (Å²) in [5.41, 5.74) is 5.19. The summed E-state index contributed by atoms with van der Waals surface area (Å²) in [6.07, 6.45) is 0. The molecule has 5 nitrogen and oxygen atoms in total. The van der Waals surface area contributed by atoms with E-state index in [1.54, 1.807) is 7.05 Å². The first-order valence-corrected chi connectivity index (χ1v) is 9.51. The molecule has 2 aromatic carbocycles. The van der Waals surface area contributed by atoms with Crippen LogP contribution in [0.5, 0.6) is 5.75 Å². The summed E-state index contributed by atoms with van der Waals surface area (Å²) in [5.74, 6) is 0.607. The molecule has 0 aromatic heterocycles. The molecule has 0 aliphatic heterocycles. The highest BCUT2D eigenvalue weighted by Gasteiger charge is 2.15. The Balaban J connectivity index is 1.87. The highest BCUT2D eigenvalue weighted by Crippen LogP contribution is 2.22. The van der Waals surface area contributed by atoms with Crippen molar-refractivity contribution in [3.8, 4) is 5.75 Å². The minimum absolute atomic E-state index is 0.0266. The van der Waals surface area contributed by atoms with Crippen molar-refractivity contribution in [2.75, 3.05) is 25.5 Å². The third-order valence-corrected chi connectivity index (χ3v) is 4.66. The first-order valence-electron chi connectivity index (χ1n) is 9.51. The Labute approximate surface area is 167 Å². The molecule has 0 unspecified atom stereocenters. The lowest BCUT2D eigenvalue weighted by molar-refractivity contribution is -0.135. The van der Waals surface area contributed by atoms with Crippen LogP contribution in [0.15, 0.2) is 36.4 Å². The number of ether oxygens (including phenoxy) is 1. The summed E-state index contributed by atoms with van der Waals surface area (Å²) >= 11 is 0. The Hall–Kier alpha value is -2.82. The smallest absolute Gasteiger partial charge is 0.260 e. The van der Waals surface area contributed by atoms with Crippen molar-refractivity contribution in [2.45, 2.75) is 40.5 Å². The predicted molar refractivity (Wildman–Crippen MR) is 113 cm³/mol. The number of nitrogens with zero attached hydrogens (tertiary/aromatic N) is 1. The van der Waals surface area contributed by atoms with E-state index >= 15 is 0 Å². The molecule has 0 aliphatic carbocycles. The van der Waals surface area contributed by atoms with E-state index in [-0.39, 0.29) is 25.0 Å². The van der Waals surface area contributed by atoms with Crippen molar-refractivity contribution in [2.24, 2.45) is 0 Å². The van der Waals surface area contributed by atoms with Crippen LogP contribution in [-0.4, -0.2) is 36.9 Å². The summed E-state index contributed by atoms with van der Waals surface area (Å²) < 4.78 is 5.55. The number of carbonyl (C=O) groups is 2. The van der Waals surface area contributed by atoms with E-state index < -0.39 is 0 Å². The highest BCUT2D eigenvalue weighted by atomic mass is 16.5. The van der Waals surface area contributed by atoms with Crippen LogP contribution in [0.1, 0.15) is 42.0 Å². The van der Waals surface area contributed by atoms with E-state index in [1.165, 1.54) is 10.5 Å². The predicted octanol–water partition coefficient (Wildman–Crippen LogP) is 4.21. The molecule has 2 aromatic rings. The average molecular weight is 383 g/mol. The van der Waals surface area contributed by atoms with Gasteiger partial charge in [0.25, 0.3) is 5.91 Å². The molecule has 0 radical (unpaired) electrons. The normalized spacial score (nSPS) is 10.7. The fourth-order valence-electron chi connectivity index (χ4n) is 3.06. The Bertz CT molecular complexity index is 818. The third kappa shape index (κ3) is 5.84. The number of carbonyl (C=O) groups excluding carboxylic acids is 2. The summed E-state index contributed by atoms with van der Waals surface area (Å²) in [4.78, 5) is 26.0. The molecule has 1 N–H and O–H groups in total. The quantitative estimate of drug-likeness (QED) is 0.780. The fourth-order valence-corrected chi connectivity index (χ4v) is 3.06. The molecule has 0 bridgehead atoms. The van der Waals surface area contributed by atoms with E-state index in [1.807, 2.05) is 57.2 Å². The maximum Gasteiger partial charge on any atom is 0.260 e. The molecule has 0 spiro atoms. The number of likely N-dealkylation sites (N-methyl/N-ethyl adjacent to an activating group) is 1. The number of aryl methyl sites for hydroxylation is 3. The van der Waals surface area contributed by atoms with Crippen LogP contribution in [0.3, 0.4) is 0 Å². The number of rotatable bonds is 7. The molecule has 28 heavy (non-hydrogen) atoms. The van der Waals surface area contributed by atoms with E-state index in [2.05, 4.69) is 19.2 Å². The number of benzene rings is 2. The van der Waals surface area contributed by atoms with Crippen LogP contribution >= 0.6 is 0 Å². The second-order valence-corrected chi connectivity index (χ2v) is 7.58. The van der Waals surface area contributed by atoms with Crippen LogP contribution in [0, 0.1) is 20.8 Å². The highest BCUT2D eigenvalue weighted by molar-refractivity contribution is 5.95. The van der Waals surface area contributed by atoms with Crippen LogP contribution in [0.2, 0.25) is 0 Å². The molecule has 150 valence electrons. The van der Waals surface area contributed by atoms with E-state index in [4.69, 9.17) is 4.74 Å². The van der Waals surface area contributed by atoms with Gasteiger partial charge in [-0.1, -0.05) is 43.7 Å². The largest absolute Gasteiger partial charge is 0.484 e. The number of nitrogens with one attached hydrogen (secondary N) is 1. The third-order valence-electron chi connectivity index (χ3n) is 4.66. The van der Waals surface area contributed by atoms with Gasteiger partial charge in [-0.2, -0.15) is 0 Å². The van der Waals surface area contributed by atoms with Crippen molar-refractivity contribution < 1.29 is 14.3 Å². The monoisotopic (exact) mass is 382 g/mol. The molecule has 0 fully saturated rings. The van der Waals surface area contributed by atoms with Gasteiger partial charge in [0.1, 0.15) is 5.75 Å². The van der Waals surface area contributed by atoms with Gasteiger partial charge in [-0.05, 0) is 55.5 Å². The molecule has 0 saturated carbocycles. The Morgan fingerprint density at radius 2 is 1.61 bits per heavy atom. The topological polar surface area (TPSA) is 58.6 Å². The zero-order valence-corrected chi connectivity index (χ0v) is 17.6. The first kappa shape index (κ1) is 21.5. The van der Waals surface area contributed by atoms with Gasteiger partial charge in [0.2, 0.25) is 5.91 Å². The minimum atomic E-state index is -0.250. The SMILES string of the molecule is Cc1cc(C)c(NC(=O)CN(C)C(=O)COc2ccc(C(C)C)cc2)c(C)c1. The van der Waals surface area contributed by atoms with Crippen molar-refractivity contribution >= 4 is 17.5 Å². The van der Waals surface area contributed by atoms with Gasteiger partial charge in [-0.3, -0.25) is 9.59 Å². The molecule has 2 amide bonds. The van der Waals surface area contributed by atoms with Gasteiger partial charge in [-0.15, -0.1) is 0 Å². The van der Waals surface area contributed by atoms with Crippen LogP contribution in [0.25, 0.3) is 0 Å². The lowest BCUT2D eigenvalue weighted by atomic mass is 10.0. The standard InChI is InChI=1S/C23H30N2O3/c1-15(2)19-7-9-20(10-8-19)28-14-22(27)25(6)13-21(26)24-23-17(4)11-16(3)12-18(23)5/h7-12,15H,13-14H2,1-6H3,(H,24,26). The molecule has 0 saturated heterocycles. The second-order valence-electron chi connectivity index (χ2n) is 7.58. The summed E-state index contributed by atoms with van der Waals surface area (Å²) in [6, 6.07) is 11.8. The van der Waals surface area contributed by atoms with Gasteiger partial charge in [-0.25, -0.2) is 0 Å². The summed E-state index contributed by atoms with van der Waals surface area (Å²) in [5, 5.41) is 2.91. The Morgan fingerprint density at radius 3 is 2.14 bits per heavy atom. The zero-order valence-electron chi connectivity index (χ0n) is 17.6. The van der Waals surface area contributed by atoms with Gasteiger partial charge < -0.3 is 15.0 Å². The van der Waals surface area contributed by atoms with Crippen LogP contribution < -0.4 is 10.1 Å². The molecule has 0 atom stereocenters. The molecule has 0 aliphatic rings. The lowest BCUT2D eigenvalue weighted by Gasteiger charge is -2.19. The van der Waals surface area contributed by atoms with Crippen molar-refractivity contribution in [3.05, 3.63) is 58.7 Å². The second kappa shape index (κ2) is 9.40. The van der Waals surface area contributed by atoms with Gasteiger partial charge in [0.05, 0.1) is 6.54 Å². The maximum atomic E-state index is 12.3. The minimum Gasteiger partial charge on any atom is -0.484 e. The lowest BCUT2D eigenvalue weighted by Crippen LogP contribution is -2.37.